The van der Waals surface area contributed by atoms with Crippen molar-refractivity contribution in [3.8, 4) is 5.75 Å². The molecule has 1 aromatic carbocycles. The molecule has 1 aromatic heterocycles. The van der Waals surface area contributed by atoms with E-state index < -0.39 is 0 Å². The van der Waals surface area contributed by atoms with Crippen molar-refractivity contribution in [3.63, 3.8) is 0 Å². The van der Waals surface area contributed by atoms with Gasteiger partial charge in [0.05, 0.1) is 17.0 Å². The summed E-state index contributed by atoms with van der Waals surface area (Å²) in [6.07, 6.45) is 0.953. The van der Waals surface area contributed by atoms with Crippen LogP contribution in [0.15, 0.2) is 34.8 Å². The first-order valence-electron chi connectivity index (χ1n) is 6.21. The maximum absolute atomic E-state index is 12.5. The minimum absolute atomic E-state index is 0.0226. The Morgan fingerprint density at radius 3 is 2.68 bits per heavy atom. The molecular weight excluding hydrogens is 324 g/mol. The lowest BCUT2D eigenvalue weighted by Gasteiger charge is -2.09. The summed E-state index contributed by atoms with van der Waals surface area (Å²) in [6, 6.07) is 9.43. The maximum atomic E-state index is 12.5. The number of carbonyl (C=O) groups excluding carboxylic acids is 1. The summed E-state index contributed by atoms with van der Waals surface area (Å²) in [5, 5.41) is 0. The number of hydrogen-bond acceptors (Lipinski definition) is 3. The Morgan fingerprint density at radius 1 is 1.26 bits per heavy atom. The molecule has 0 aliphatic carbocycles. The number of thiophene rings is 1. The molecule has 4 heteroatoms. The quantitative estimate of drug-likeness (QED) is 0.738. The van der Waals surface area contributed by atoms with Crippen molar-refractivity contribution in [2.75, 3.05) is 6.61 Å². The average Bonchev–Trinajstić information content (AvgIpc) is 2.89. The van der Waals surface area contributed by atoms with Crippen molar-refractivity contribution in [2.45, 2.75) is 20.3 Å². The van der Waals surface area contributed by atoms with E-state index in [4.69, 9.17) is 4.74 Å². The van der Waals surface area contributed by atoms with Gasteiger partial charge in [0.2, 0.25) is 5.78 Å². The number of ether oxygens (including phenoxy) is 1. The van der Waals surface area contributed by atoms with Crippen molar-refractivity contribution >= 4 is 33.0 Å². The fourth-order valence-corrected chi connectivity index (χ4v) is 3.05. The van der Waals surface area contributed by atoms with E-state index in [1.165, 1.54) is 4.88 Å². The molecule has 0 radical (unpaired) electrons. The molecule has 0 saturated heterocycles. The zero-order valence-corrected chi connectivity index (χ0v) is 13.3. The smallest absolute Gasteiger partial charge is 0.206 e. The molecule has 0 aliphatic rings. The molecule has 2 nitrogen and oxygen atoms in total. The number of halogens is 1. The highest BCUT2D eigenvalue weighted by Gasteiger charge is 2.17. The van der Waals surface area contributed by atoms with Crippen LogP contribution in [-0.4, -0.2) is 12.4 Å². The van der Waals surface area contributed by atoms with E-state index in [2.05, 4.69) is 22.9 Å². The average molecular weight is 339 g/mol. The van der Waals surface area contributed by atoms with Gasteiger partial charge in [0, 0.05) is 9.35 Å². The molecule has 0 N–H and O–H groups in total. The molecule has 0 atom stereocenters. The number of ketones is 1. The first kappa shape index (κ1) is 14.3. The van der Waals surface area contributed by atoms with Crippen LogP contribution in [0.3, 0.4) is 0 Å². The largest absolute Gasteiger partial charge is 0.493 e. The van der Waals surface area contributed by atoms with Crippen LogP contribution in [0.1, 0.15) is 34.0 Å². The molecule has 1 heterocycles. The highest BCUT2D eigenvalue weighted by molar-refractivity contribution is 9.10. The van der Waals surface area contributed by atoms with Crippen LogP contribution in [-0.2, 0) is 6.42 Å². The van der Waals surface area contributed by atoms with E-state index in [1.807, 2.05) is 37.3 Å². The molecule has 100 valence electrons. The highest BCUT2D eigenvalue weighted by Crippen LogP contribution is 2.28. The predicted octanol–water partition coefficient (Wildman–Crippen LogP) is 4.70. The van der Waals surface area contributed by atoms with E-state index in [0.717, 1.165) is 15.8 Å². The normalized spacial score (nSPS) is 10.5. The number of benzene rings is 1. The SMILES string of the molecule is CCOc1ccc(Br)cc1C(=O)c1ccc(CC)s1. The summed E-state index contributed by atoms with van der Waals surface area (Å²) in [7, 11) is 0. The summed E-state index contributed by atoms with van der Waals surface area (Å²) in [6.45, 7) is 4.55. The van der Waals surface area contributed by atoms with Crippen LogP contribution in [0.5, 0.6) is 5.75 Å². The summed E-state index contributed by atoms with van der Waals surface area (Å²) in [5.41, 5.74) is 0.612. The van der Waals surface area contributed by atoms with Gasteiger partial charge in [-0.2, -0.15) is 0 Å². The van der Waals surface area contributed by atoms with Gasteiger partial charge in [-0.25, -0.2) is 0 Å². The molecule has 0 amide bonds. The standard InChI is InChI=1S/C15H15BrO2S/c1-3-11-6-8-14(19-11)15(17)12-9-10(16)5-7-13(12)18-4-2/h5-9H,3-4H2,1-2H3. The predicted molar refractivity (Wildman–Crippen MR) is 82.4 cm³/mol. The van der Waals surface area contributed by atoms with Gasteiger partial charge in [0.1, 0.15) is 5.75 Å². The van der Waals surface area contributed by atoms with Crippen LogP contribution in [0.4, 0.5) is 0 Å². The topological polar surface area (TPSA) is 26.3 Å². The minimum atomic E-state index is 0.0226. The van der Waals surface area contributed by atoms with Gasteiger partial charge in [0.25, 0.3) is 0 Å². The third-order valence-electron chi connectivity index (χ3n) is 2.72. The monoisotopic (exact) mass is 338 g/mol. The van der Waals surface area contributed by atoms with Crippen LogP contribution in [0.2, 0.25) is 0 Å². The Hall–Kier alpha value is -1.13. The number of aryl methyl sites for hydroxylation is 1. The lowest BCUT2D eigenvalue weighted by atomic mass is 10.1. The fraction of sp³-hybridized carbons (Fsp3) is 0.267. The zero-order valence-electron chi connectivity index (χ0n) is 10.9. The highest BCUT2D eigenvalue weighted by atomic mass is 79.9. The van der Waals surface area contributed by atoms with E-state index in [-0.39, 0.29) is 5.78 Å². The van der Waals surface area contributed by atoms with Gasteiger partial charge in [0.15, 0.2) is 0 Å². The lowest BCUT2D eigenvalue weighted by Crippen LogP contribution is -2.04. The van der Waals surface area contributed by atoms with Gasteiger partial charge in [-0.05, 0) is 43.7 Å². The Labute approximate surface area is 125 Å². The maximum Gasteiger partial charge on any atom is 0.206 e. The molecule has 0 unspecified atom stereocenters. The Balaban J connectivity index is 2.39. The molecule has 2 rings (SSSR count). The molecule has 0 fully saturated rings. The van der Waals surface area contributed by atoms with Crippen LogP contribution < -0.4 is 4.74 Å². The number of hydrogen-bond donors (Lipinski definition) is 0. The molecule has 0 bridgehead atoms. The third-order valence-corrected chi connectivity index (χ3v) is 4.44. The van der Waals surface area contributed by atoms with Gasteiger partial charge < -0.3 is 4.74 Å². The van der Waals surface area contributed by atoms with E-state index in [9.17, 15) is 4.79 Å². The van der Waals surface area contributed by atoms with E-state index in [1.54, 1.807) is 11.3 Å². The van der Waals surface area contributed by atoms with Crippen molar-refractivity contribution < 1.29 is 9.53 Å². The first-order chi connectivity index (χ1) is 9.15. The van der Waals surface area contributed by atoms with Crippen LogP contribution in [0, 0.1) is 0 Å². The second-order valence-electron chi connectivity index (χ2n) is 4.02. The van der Waals surface area contributed by atoms with E-state index in [0.29, 0.717) is 17.9 Å². The Kier molecular flexibility index (Phi) is 4.77. The second-order valence-corrected chi connectivity index (χ2v) is 6.11. The lowest BCUT2D eigenvalue weighted by molar-refractivity contribution is 0.103. The van der Waals surface area contributed by atoms with Gasteiger partial charge in [-0.3, -0.25) is 4.79 Å². The first-order valence-corrected chi connectivity index (χ1v) is 7.82. The molecule has 0 aliphatic heterocycles. The summed E-state index contributed by atoms with van der Waals surface area (Å²) in [5.74, 6) is 0.664. The van der Waals surface area contributed by atoms with Gasteiger partial charge >= 0.3 is 0 Å². The molecule has 19 heavy (non-hydrogen) atoms. The molecule has 0 saturated carbocycles. The minimum Gasteiger partial charge on any atom is -0.493 e. The van der Waals surface area contributed by atoms with Gasteiger partial charge in [-0.15, -0.1) is 11.3 Å². The Morgan fingerprint density at radius 2 is 2.05 bits per heavy atom. The molecular formula is C15H15BrO2S. The molecule has 0 spiro atoms. The fourth-order valence-electron chi connectivity index (χ4n) is 1.78. The third kappa shape index (κ3) is 3.25. The number of carbonyl (C=O) groups is 1. The summed E-state index contributed by atoms with van der Waals surface area (Å²) in [4.78, 5) is 14.5. The number of rotatable bonds is 5. The van der Waals surface area contributed by atoms with Crippen LogP contribution >= 0.6 is 27.3 Å². The van der Waals surface area contributed by atoms with Crippen molar-refractivity contribution in [2.24, 2.45) is 0 Å². The van der Waals surface area contributed by atoms with Crippen molar-refractivity contribution in [3.05, 3.63) is 50.1 Å². The van der Waals surface area contributed by atoms with Gasteiger partial charge in [-0.1, -0.05) is 22.9 Å². The zero-order chi connectivity index (χ0) is 13.8. The van der Waals surface area contributed by atoms with Crippen molar-refractivity contribution in [1.82, 2.24) is 0 Å². The summed E-state index contributed by atoms with van der Waals surface area (Å²) < 4.78 is 6.41. The Bertz CT molecular complexity index is 590. The summed E-state index contributed by atoms with van der Waals surface area (Å²) >= 11 is 4.95. The van der Waals surface area contributed by atoms with Crippen LogP contribution in [0.25, 0.3) is 0 Å². The van der Waals surface area contributed by atoms with E-state index >= 15 is 0 Å². The second kappa shape index (κ2) is 6.35. The molecule has 2 aromatic rings. The van der Waals surface area contributed by atoms with Crippen molar-refractivity contribution in [1.29, 1.82) is 0 Å².